The first-order valence-corrected chi connectivity index (χ1v) is 6.80. The Bertz CT molecular complexity index is 601. The summed E-state index contributed by atoms with van der Waals surface area (Å²) in [6.45, 7) is 1.91. The number of hydrogen-bond donors (Lipinski definition) is 1. The van der Waals surface area contributed by atoms with Crippen LogP contribution in [0.3, 0.4) is 0 Å². The lowest BCUT2D eigenvalue weighted by Gasteiger charge is -2.06. The Kier molecular flexibility index (Phi) is 4.04. The van der Waals surface area contributed by atoms with Crippen LogP contribution in [0.15, 0.2) is 50.8 Å². The molecule has 0 aliphatic heterocycles. The molecule has 1 aromatic heterocycles. The number of pyridine rings is 1. The molecule has 18 heavy (non-hydrogen) atoms. The number of aromatic carboxylic acids is 1. The fourth-order valence-electron chi connectivity index (χ4n) is 1.47. The highest BCUT2D eigenvalue weighted by Crippen LogP contribution is 2.32. The lowest BCUT2D eigenvalue weighted by Crippen LogP contribution is -1.98. The van der Waals surface area contributed by atoms with Crippen LogP contribution in [0.4, 0.5) is 0 Å². The van der Waals surface area contributed by atoms with Crippen molar-refractivity contribution in [3.63, 3.8) is 0 Å². The summed E-state index contributed by atoms with van der Waals surface area (Å²) in [7, 11) is 0. The molecule has 0 fully saturated rings. The van der Waals surface area contributed by atoms with Crippen molar-refractivity contribution < 1.29 is 9.90 Å². The van der Waals surface area contributed by atoms with Crippen molar-refractivity contribution in [2.75, 3.05) is 0 Å². The van der Waals surface area contributed by atoms with Gasteiger partial charge >= 0.3 is 5.97 Å². The van der Waals surface area contributed by atoms with E-state index in [0.29, 0.717) is 10.5 Å². The van der Waals surface area contributed by atoms with Crippen LogP contribution in [0.2, 0.25) is 0 Å². The third kappa shape index (κ3) is 3.11. The Morgan fingerprint density at radius 3 is 2.78 bits per heavy atom. The van der Waals surface area contributed by atoms with Crippen molar-refractivity contribution in [2.24, 2.45) is 0 Å². The van der Waals surface area contributed by atoms with E-state index in [4.69, 9.17) is 5.11 Å². The highest BCUT2D eigenvalue weighted by Gasteiger charge is 2.11. The van der Waals surface area contributed by atoms with Crippen LogP contribution in [0.5, 0.6) is 0 Å². The molecule has 0 amide bonds. The summed E-state index contributed by atoms with van der Waals surface area (Å²) < 4.78 is 0.862. The van der Waals surface area contributed by atoms with Crippen LogP contribution in [0.1, 0.15) is 16.1 Å². The zero-order chi connectivity index (χ0) is 13.1. The molecule has 0 aliphatic carbocycles. The van der Waals surface area contributed by atoms with Crippen LogP contribution >= 0.6 is 27.7 Å². The molecule has 0 bridgehead atoms. The van der Waals surface area contributed by atoms with E-state index in [9.17, 15) is 4.79 Å². The average Bonchev–Trinajstić information content (AvgIpc) is 2.28. The maximum atomic E-state index is 11.1. The topological polar surface area (TPSA) is 50.2 Å². The molecule has 3 nitrogen and oxygen atoms in total. The van der Waals surface area contributed by atoms with E-state index < -0.39 is 5.97 Å². The normalized spacial score (nSPS) is 10.3. The Morgan fingerprint density at radius 1 is 1.33 bits per heavy atom. The Balaban J connectivity index is 2.39. The highest BCUT2D eigenvalue weighted by molar-refractivity contribution is 9.10. The Labute approximate surface area is 117 Å². The van der Waals surface area contributed by atoms with Gasteiger partial charge < -0.3 is 5.11 Å². The van der Waals surface area contributed by atoms with Crippen molar-refractivity contribution in [3.8, 4) is 0 Å². The molecule has 0 atom stereocenters. The van der Waals surface area contributed by atoms with Crippen LogP contribution in [-0.4, -0.2) is 16.1 Å². The van der Waals surface area contributed by atoms with Crippen molar-refractivity contribution in [1.82, 2.24) is 4.98 Å². The molecule has 2 aromatic rings. The van der Waals surface area contributed by atoms with Crippen molar-refractivity contribution >= 4 is 33.7 Å². The molecule has 0 aliphatic rings. The minimum atomic E-state index is -0.921. The number of carboxylic acids is 1. The van der Waals surface area contributed by atoms with Gasteiger partial charge in [-0.2, -0.15) is 0 Å². The number of hydrogen-bond acceptors (Lipinski definition) is 3. The number of carbonyl (C=O) groups is 1. The number of aromatic nitrogens is 1. The molecule has 0 unspecified atom stereocenters. The predicted octanol–water partition coefficient (Wildman–Crippen LogP) is 4.00. The lowest BCUT2D eigenvalue weighted by atomic mass is 10.2. The van der Waals surface area contributed by atoms with E-state index in [1.165, 1.54) is 11.8 Å². The predicted molar refractivity (Wildman–Crippen MR) is 74.2 cm³/mol. The molecule has 0 spiro atoms. The number of aryl methyl sites for hydroxylation is 1. The van der Waals surface area contributed by atoms with Gasteiger partial charge in [-0.1, -0.05) is 27.7 Å². The van der Waals surface area contributed by atoms with Crippen LogP contribution in [-0.2, 0) is 0 Å². The third-order valence-corrected chi connectivity index (χ3v) is 3.81. The Hall–Kier alpha value is -1.33. The second kappa shape index (κ2) is 5.54. The highest BCUT2D eigenvalue weighted by atomic mass is 79.9. The lowest BCUT2D eigenvalue weighted by molar-refractivity contribution is 0.0693. The number of rotatable bonds is 3. The molecule has 0 saturated heterocycles. The first-order chi connectivity index (χ1) is 8.56. The minimum absolute atomic E-state index is 0.303. The van der Waals surface area contributed by atoms with E-state index in [0.717, 1.165) is 15.1 Å². The van der Waals surface area contributed by atoms with Gasteiger partial charge in [-0.3, -0.25) is 4.98 Å². The summed E-state index contributed by atoms with van der Waals surface area (Å²) in [4.78, 5) is 17.0. The quantitative estimate of drug-likeness (QED) is 0.927. The fraction of sp³-hybridized carbons (Fsp3) is 0.0769. The molecule has 0 saturated carbocycles. The van der Waals surface area contributed by atoms with Crippen LogP contribution < -0.4 is 0 Å². The van der Waals surface area contributed by atoms with Crippen LogP contribution in [0.25, 0.3) is 0 Å². The standard InChI is InChI=1S/C13H10BrNO2S/c1-8-6-10(4-5-15-8)18-12-7-9(14)2-3-11(12)13(16)17/h2-7H,1H3,(H,16,17). The fourth-order valence-corrected chi connectivity index (χ4v) is 3.04. The molecule has 1 aromatic carbocycles. The van der Waals surface area contributed by atoms with E-state index in [2.05, 4.69) is 20.9 Å². The van der Waals surface area contributed by atoms with Crippen molar-refractivity contribution in [1.29, 1.82) is 0 Å². The second-order valence-corrected chi connectivity index (χ2v) is 5.71. The summed E-state index contributed by atoms with van der Waals surface area (Å²) in [6, 6.07) is 8.93. The van der Waals surface area contributed by atoms with Gasteiger partial charge in [0.1, 0.15) is 0 Å². The maximum Gasteiger partial charge on any atom is 0.336 e. The smallest absolute Gasteiger partial charge is 0.336 e. The molecule has 0 radical (unpaired) electrons. The average molecular weight is 324 g/mol. The monoisotopic (exact) mass is 323 g/mol. The van der Waals surface area contributed by atoms with E-state index >= 15 is 0 Å². The number of benzene rings is 1. The first-order valence-electron chi connectivity index (χ1n) is 5.19. The zero-order valence-electron chi connectivity index (χ0n) is 9.55. The van der Waals surface area contributed by atoms with Crippen molar-refractivity contribution in [2.45, 2.75) is 16.7 Å². The van der Waals surface area contributed by atoms with Gasteiger partial charge in [0.25, 0.3) is 0 Å². The summed E-state index contributed by atoms with van der Waals surface area (Å²) in [5.41, 5.74) is 1.21. The molecule has 5 heteroatoms. The largest absolute Gasteiger partial charge is 0.478 e. The summed E-state index contributed by atoms with van der Waals surface area (Å²) in [6.07, 6.45) is 1.72. The summed E-state index contributed by atoms with van der Waals surface area (Å²) in [5, 5.41) is 9.15. The van der Waals surface area contributed by atoms with Gasteiger partial charge in [-0.05, 0) is 37.3 Å². The first kappa shape index (κ1) is 13.1. The molecular weight excluding hydrogens is 314 g/mol. The summed E-state index contributed by atoms with van der Waals surface area (Å²) >= 11 is 4.77. The molecule has 92 valence electrons. The molecule has 1 N–H and O–H groups in total. The summed E-state index contributed by atoms with van der Waals surface area (Å²) in [5.74, 6) is -0.921. The van der Waals surface area contributed by atoms with Crippen molar-refractivity contribution in [3.05, 3.63) is 52.3 Å². The van der Waals surface area contributed by atoms with Gasteiger partial charge in [0.15, 0.2) is 0 Å². The number of halogens is 1. The number of carboxylic acid groups (broad SMARTS) is 1. The van der Waals surface area contributed by atoms with E-state index in [1.54, 1.807) is 18.3 Å². The molecular formula is C13H10BrNO2S. The van der Waals surface area contributed by atoms with Gasteiger partial charge in [0.2, 0.25) is 0 Å². The van der Waals surface area contributed by atoms with Gasteiger partial charge in [0.05, 0.1) is 5.56 Å². The zero-order valence-corrected chi connectivity index (χ0v) is 12.0. The third-order valence-electron chi connectivity index (χ3n) is 2.27. The van der Waals surface area contributed by atoms with Gasteiger partial charge in [0, 0.05) is 26.2 Å². The second-order valence-electron chi connectivity index (χ2n) is 3.68. The molecule has 1 heterocycles. The minimum Gasteiger partial charge on any atom is -0.478 e. The van der Waals surface area contributed by atoms with Gasteiger partial charge in [-0.15, -0.1) is 0 Å². The van der Waals surface area contributed by atoms with Crippen LogP contribution in [0, 0.1) is 6.92 Å². The SMILES string of the molecule is Cc1cc(Sc2cc(Br)ccc2C(=O)O)ccn1. The van der Waals surface area contributed by atoms with Gasteiger partial charge in [-0.25, -0.2) is 4.79 Å². The maximum absolute atomic E-state index is 11.1. The number of nitrogens with zero attached hydrogens (tertiary/aromatic N) is 1. The molecule has 2 rings (SSSR count). The Morgan fingerprint density at radius 2 is 2.11 bits per heavy atom. The van der Waals surface area contributed by atoms with E-state index in [-0.39, 0.29) is 0 Å². The van der Waals surface area contributed by atoms with E-state index in [1.807, 2.05) is 25.1 Å².